The normalized spacial score (nSPS) is 10.5. The minimum atomic E-state index is -0.799. The lowest BCUT2D eigenvalue weighted by atomic mass is 10.1. The van der Waals surface area contributed by atoms with E-state index in [1.807, 2.05) is 0 Å². The monoisotopic (exact) mass is 331 g/mol. The van der Waals surface area contributed by atoms with Crippen molar-refractivity contribution in [1.29, 1.82) is 0 Å². The predicted molar refractivity (Wildman–Crippen MR) is 76.8 cm³/mol. The number of carbonyl (C=O) groups is 1. The van der Waals surface area contributed by atoms with Crippen LogP contribution in [0.15, 0.2) is 30.3 Å². The van der Waals surface area contributed by atoms with Gasteiger partial charge in [-0.25, -0.2) is 8.78 Å². The van der Waals surface area contributed by atoms with E-state index in [2.05, 4.69) is 5.32 Å². The molecule has 3 nitrogen and oxygen atoms in total. The number of carbonyl (C=O) groups excluding carboxylic acids is 1. The Morgan fingerprint density at radius 2 is 1.67 bits per heavy atom. The van der Waals surface area contributed by atoms with Crippen LogP contribution in [0.5, 0.6) is 5.75 Å². The van der Waals surface area contributed by atoms with Crippen molar-refractivity contribution in [2.24, 2.45) is 0 Å². The summed E-state index contributed by atoms with van der Waals surface area (Å²) in [5.74, 6) is -2.55. The second kappa shape index (κ2) is 6.28. The molecule has 0 aliphatic rings. The molecule has 0 saturated carbocycles. The van der Waals surface area contributed by atoms with Crippen LogP contribution in [-0.4, -0.2) is 11.0 Å². The van der Waals surface area contributed by atoms with Crippen molar-refractivity contribution >= 4 is 34.8 Å². The average Bonchev–Trinajstić information content (AvgIpc) is 2.40. The lowest BCUT2D eigenvalue weighted by Crippen LogP contribution is -2.16. The molecule has 0 heterocycles. The highest BCUT2D eigenvalue weighted by atomic mass is 35.5. The van der Waals surface area contributed by atoms with Gasteiger partial charge in [0, 0.05) is 11.3 Å². The van der Waals surface area contributed by atoms with E-state index in [1.165, 1.54) is 18.2 Å². The van der Waals surface area contributed by atoms with E-state index in [-0.39, 0.29) is 27.0 Å². The maximum atomic E-state index is 13.4. The smallest absolute Gasteiger partial charge is 0.229 e. The fraction of sp³-hybridized carbons (Fsp3) is 0.0714. The van der Waals surface area contributed by atoms with Gasteiger partial charge in [0.1, 0.15) is 11.6 Å². The summed E-state index contributed by atoms with van der Waals surface area (Å²) < 4.78 is 26.9. The van der Waals surface area contributed by atoms with Crippen molar-refractivity contribution in [2.45, 2.75) is 6.42 Å². The maximum absolute atomic E-state index is 13.4. The van der Waals surface area contributed by atoms with E-state index < -0.39 is 24.0 Å². The number of aromatic hydroxyl groups is 1. The molecule has 0 aromatic heterocycles. The molecule has 2 aromatic rings. The molecule has 7 heteroatoms. The topological polar surface area (TPSA) is 49.3 Å². The quantitative estimate of drug-likeness (QED) is 0.830. The van der Waals surface area contributed by atoms with Crippen molar-refractivity contribution in [3.8, 4) is 5.75 Å². The molecule has 2 rings (SSSR count). The number of phenolic OH excluding ortho intramolecular Hbond substituents is 1. The summed E-state index contributed by atoms with van der Waals surface area (Å²) >= 11 is 11.4. The minimum absolute atomic E-state index is 0.0464. The highest BCUT2D eigenvalue weighted by Crippen LogP contribution is 2.34. The third-order valence-electron chi connectivity index (χ3n) is 2.70. The zero-order chi connectivity index (χ0) is 15.6. The summed E-state index contributed by atoms with van der Waals surface area (Å²) in [6.45, 7) is 0. The molecule has 2 N–H and O–H groups in total. The fourth-order valence-electron chi connectivity index (χ4n) is 1.70. The first-order valence-corrected chi connectivity index (χ1v) is 6.55. The molecule has 0 atom stereocenters. The first-order valence-electron chi connectivity index (χ1n) is 5.79. The Hall–Kier alpha value is -1.85. The number of amides is 1. The first-order chi connectivity index (χ1) is 9.88. The van der Waals surface area contributed by atoms with Crippen LogP contribution in [0, 0.1) is 11.6 Å². The molecule has 0 bridgehead atoms. The van der Waals surface area contributed by atoms with E-state index in [0.29, 0.717) is 0 Å². The van der Waals surface area contributed by atoms with Gasteiger partial charge < -0.3 is 10.4 Å². The highest BCUT2D eigenvalue weighted by molar-refractivity contribution is 6.37. The molecule has 0 aliphatic carbocycles. The Bertz CT molecular complexity index is 664. The van der Waals surface area contributed by atoms with Crippen LogP contribution < -0.4 is 5.32 Å². The van der Waals surface area contributed by atoms with Gasteiger partial charge in [-0.1, -0.05) is 29.3 Å². The number of halogens is 4. The van der Waals surface area contributed by atoms with E-state index in [4.69, 9.17) is 23.2 Å². The van der Waals surface area contributed by atoms with Gasteiger partial charge in [0.2, 0.25) is 5.91 Å². The number of benzene rings is 2. The molecule has 1 amide bonds. The zero-order valence-corrected chi connectivity index (χ0v) is 12.0. The third kappa shape index (κ3) is 3.62. The van der Waals surface area contributed by atoms with Crippen LogP contribution in [0.3, 0.4) is 0 Å². The van der Waals surface area contributed by atoms with Gasteiger partial charge >= 0.3 is 0 Å². The molecule has 0 spiro atoms. The summed E-state index contributed by atoms with van der Waals surface area (Å²) in [5.41, 5.74) is -0.115. The van der Waals surface area contributed by atoms with Crippen molar-refractivity contribution in [3.63, 3.8) is 0 Å². The Morgan fingerprint density at radius 1 is 1.14 bits per heavy atom. The van der Waals surface area contributed by atoms with Gasteiger partial charge in [-0.3, -0.25) is 4.79 Å². The molecule has 0 unspecified atom stereocenters. The number of rotatable bonds is 3. The van der Waals surface area contributed by atoms with Crippen molar-refractivity contribution in [3.05, 3.63) is 57.6 Å². The van der Waals surface area contributed by atoms with E-state index in [1.54, 1.807) is 0 Å². The van der Waals surface area contributed by atoms with Crippen molar-refractivity contribution < 1.29 is 18.7 Å². The molecule has 0 radical (unpaired) electrons. The number of phenols is 1. The van der Waals surface area contributed by atoms with E-state index >= 15 is 0 Å². The summed E-state index contributed by atoms with van der Waals surface area (Å²) in [6.07, 6.45) is -0.478. The lowest BCUT2D eigenvalue weighted by molar-refractivity contribution is -0.115. The molecule has 110 valence electrons. The van der Waals surface area contributed by atoms with Crippen LogP contribution in [0.2, 0.25) is 10.0 Å². The molecule has 2 aromatic carbocycles. The van der Waals surface area contributed by atoms with Crippen LogP contribution in [0.4, 0.5) is 14.5 Å². The van der Waals surface area contributed by atoms with E-state index in [0.717, 1.165) is 12.1 Å². The standard InChI is InChI=1S/C14H9Cl2F2NO2/c15-9-4-7(5-10(16)14(9)21)19-13(20)6-8-11(17)2-1-3-12(8)18/h1-5,21H,6H2,(H,19,20). The number of anilines is 1. The lowest BCUT2D eigenvalue weighted by Gasteiger charge is -2.09. The predicted octanol–water partition coefficient (Wildman–Crippen LogP) is 4.16. The Balaban J connectivity index is 2.16. The zero-order valence-electron chi connectivity index (χ0n) is 10.5. The van der Waals surface area contributed by atoms with E-state index in [9.17, 15) is 18.7 Å². The molecular formula is C14H9Cl2F2NO2. The van der Waals surface area contributed by atoms with Crippen molar-refractivity contribution in [1.82, 2.24) is 0 Å². The molecule has 0 fully saturated rings. The first kappa shape index (κ1) is 15.5. The van der Waals surface area contributed by atoms with Gasteiger partial charge in [-0.05, 0) is 24.3 Å². The third-order valence-corrected chi connectivity index (χ3v) is 3.28. The molecule has 21 heavy (non-hydrogen) atoms. The summed E-state index contributed by atoms with van der Waals surface area (Å²) in [6, 6.07) is 5.91. The highest BCUT2D eigenvalue weighted by Gasteiger charge is 2.14. The second-order valence-corrected chi connectivity index (χ2v) is 5.03. The molecule has 0 saturated heterocycles. The minimum Gasteiger partial charge on any atom is -0.505 e. The van der Waals surface area contributed by atoms with Crippen LogP contribution in [-0.2, 0) is 11.2 Å². The number of hydrogen-bond donors (Lipinski definition) is 2. The Morgan fingerprint density at radius 3 is 2.19 bits per heavy atom. The van der Waals surface area contributed by atoms with Gasteiger partial charge in [0.25, 0.3) is 0 Å². The summed E-state index contributed by atoms with van der Waals surface area (Å²) in [7, 11) is 0. The SMILES string of the molecule is O=C(Cc1c(F)cccc1F)Nc1cc(Cl)c(O)c(Cl)c1. The Labute approximate surface area is 129 Å². The fourth-order valence-corrected chi connectivity index (χ4v) is 2.19. The van der Waals surface area contributed by atoms with Gasteiger partial charge in [-0.15, -0.1) is 0 Å². The largest absolute Gasteiger partial charge is 0.505 e. The number of hydrogen-bond acceptors (Lipinski definition) is 2. The molecule has 0 aliphatic heterocycles. The average molecular weight is 332 g/mol. The second-order valence-electron chi connectivity index (χ2n) is 4.21. The summed E-state index contributed by atoms with van der Waals surface area (Å²) in [4.78, 5) is 11.8. The van der Waals surface area contributed by atoms with Gasteiger partial charge in [-0.2, -0.15) is 0 Å². The number of nitrogens with one attached hydrogen (secondary N) is 1. The van der Waals surface area contributed by atoms with Crippen LogP contribution in [0.1, 0.15) is 5.56 Å². The summed E-state index contributed by atoms with van der Waals surface area (Å²) in [5, 5.41) is 11.7. The Kier molecular flexibility index (Phi) is 4.65. The van der Waals surface area contributed by atoms with Crippen LogP contribution in [0.25, 0.3) is 0 Å². The molecular weight excluding hydrogens is 323 g/mol. The van der Waals surface area contributed by atoms with Crippen molar-refractivity contribution in [2.75, 3.05) is 5.32 Å². The maximum Gasteiger partial charge on any atom is 0.229 e. The van der Waals surface area contributed by atoms with Gasteiger partial charge in [0.05, 0.1) is 16.5 Å². The van der Waals surface area contributed by atoms with Crippen LogP contribution >= 0.6 is 23.2 Å². The van der Waals surface area contributed by atoms with Gasteiger partial charge in [0.15, 0.2) is 5.75 Å².